The third-order valence-corrected chi connectivity index (χ3v) is 9.44. The van der Waals surface area contributed by atoms with Crippen molar-refractivity contribution in [2.45, 2.75) is 44.3 Å². The van der Waals surface area contributed by atoms with Gasteiger partial charge in [0.1, 0.15) is 12.4 Å². The summed E-state index contributed by atoms with van der Waals surface area (Å²) in [6.45, 7) is 8.25. The van der Waals surface area contributed by atoms with Gasteiger partial charge in [-0.25, -0.2) is 0 Å². The number of hydrogen-bond acceptors (Lipinski definition) is 9. The Morgan fingerprint density at radius 1 is 1.07 bits per heavy atom. The van der Waals surface area contributed by atoms with Gasteiger partial charge in [0.15, 0.2) is 0 Å². The van der Waals surface area contributed by atoms with Crippen molar-refractivity contribution in [3.63, 3.8) is 0 Å². The minimum atomic E-state index is -0.267. The second-order valence-electron chi connectivity index (χ2n) is 12.5. The highest BCUT2D eigenvalue weighted by Gasteiger charge is 2.34. The first-order valence-electron chi connectivity index (χ1n) is 16.1. The summed E-state index contributed by atoms with van der Waals surface area (Å²) in [6.07, 6.45) is 4.26. The fraction of sp³-hybridized carbons (Fsp3) is 0.457. The second kappa shape index (κ2) is 13.7. The maximum atomic E-state index is 12.6. The molecule has 3 aliphatic rings. The number of amides is 2. The first kappa shape index (κ1) is 31.3. The quantitative estimate of drug-likeness (QED) is 0.332. The Balaban J connectivity index is 1.30. The van der Waals surface area contributed by atoms with Crippen LogP contribution < -0.4 is 14.5 Å². The van der Waals surface area contributed by atoms with Crippen molar-refractivity contribution >= 4 is 34.1 Å². The summed E-state index contributed by atoms with van der Waals surface area (Å²) >= 11 is 0. The number of carbonyl (C=O) groups excluding carboxylic acids is 2. The Bertz CT molecular complexity index is 1650. The van der Waals surface area contributed by atoms with Crippen molar-refractivity contribution in [2.24, 2.45) is 0 Å². The zero-order valence-corrected chi connectivity index (χ0v) is 26.8. The van der Waals surface area contributed by atoms with Gasteiger partial charge in [0.2, 0.25) is 11.8 Å². The van der Waals surface area contributed by atoms with Crippen LogP contribution in [0.2, 0.25) is 0 Å². The van der Waals surface area contributed by atoms with Crippen LogP contribution >= 0.6 is 0 Å². The molecular formula is C35H42N8O3. The normalized spacial score (nSPS) is 19.9. The van der Waals surface area contributed by atoms with Crippen LogP contribution in [0.5, 0.6) is 6.01 Å². The molecule has 0 spiro atoms. The molecule has 11 heteroatoms. The minimum Gasteiger partial charge on any atom is -0.462 e. The van der Waals surface area contributed by atoms with E-state index in [4.69, 9.17) is 14.7 Å². The number of likely N-dealkylation sites (N-methyl/N-ethyl adjacent to an activating group) is 1. The lowest BCUT2D eigenvalue weighted by molar-refractivity contribution is -0.130. The van der Waals surface area contributed by atoms with Gasteiger partial charge in [-0.05, 0) is 43.3 Å². The number of benzene rings is 2. The maximum Gasteiger partial charge on any atom is 0.318 e. The summed E-state index contributed by atoms with van der Waals surface area (Å²) in [6, 6.07) is 17.2. The van der Waals surface area contributed by atoms with E-state index in [0.717, 1.165) is 49.4 Å². The number of ether oxygens (including phenoxy) is 1. The van der Waals surface area contributed by atoms with Crippen LogP contribution in [0.3, 0.4) is 0 Å². The average Bonchev–Trinajstić information content (AvgIpc) is 3.52. The topological polar surface area (TPSA) is 109 Å². The Labute approximate surface area is 270 Å². The van der Waals surface area contributed by atoms with Crippen LogP contribution in [0.4, 0.5) is 11.5 Å². The summed E-state index contributed by atoms with van der Waals surface area (Å²) in [7, 11) is 3.56. The van der Waals surface area contributed by atoms with Crippen LogP contribution in [0, 0.1) is 11.3 Å². The van der Waals surface area contributed by atoms with Gasteiger partial charge >= 0.3 is 6.01 Å². The average molecular weight is 623 g/mol. The van der Waals surface area contributed by atoms with E-state index in [0.29, 0.717) is 45.3 Å². The highest BCUT2D eigenvalue weighted by Crippen LogP contribution is 2.35. The van der Waals surface area contributed by atoms with Crippen molar-refractivity contribution in [3.8, 4) is 12.1 Å². The number of nitriles is 1. The molecule has 0 N–H and O–H groups in total. The van der Waals surface area contributed by atoms with Gasteiger partial charge in [0.25, 0.3) is 0 Å². The predicted molar refractivity (Wildman–Crippen MR) is 178 cm³/mol. The molecule has 2 unspecified atom stereocenters. The van der Waals surface area contributed by atoms with Crippen molar-refractivity contribution < 1.29 is 14.3 Å². The zero-order valence-electron chi connectivity index (χ0n) is 26.8. The third-order valence-electron chi connectivity index (χ3n) is 9.44. The maximum absolute atomic E-state index is 12.6. The van der Waals surface area contributed by atoms with E-state index < -0.39 is 0 Å². The summed E-state index contributed by atoms with van der Waals surface area (Å²) in [4.78, 5) is 45.1. The summed E-state index contributed by atoms with van der Waals surface area (Å²) in [5.41, 5.74) is 3.18. The van der Waals surface area contributed by atoms with Crippen LogP contribution in [-0.2, 0) is 22.6 Å². The fourth-order valence-corrected chi connectivity index (χ4v) is 6.92. The monoisotopic (exact) mass is 622 g/mol. The number of aromatic nitrogens is 2. The molecule has 2 aromatic carbocycles. The Morgan fingerprint density at radius 3 is 2.70 bits per heavy atom. The Morgan fingerprint density at radius 2 is 1.89 bits per heavy atom. The number of fused-ring (bicyclic) bond motifs is 2. The van der Waals surface area contributed by atoms with Gasteiger partial charge < -0.3 is 24.3 Å². The fourth-order valence-electron chi connectivity index (χ4n) is 6.92. The number of anilines is 2. The number of nitrogens with zero attached hydrogens (tertiary/aromatic N) is 8. The first-order chi connectivity index (χ1) is 22.4. The molecule has 240 valence electrons. The van der Waals surface area contributed by atoms with Gasteiger partial charge in [-0.1, -0.05) is 43.0 Å². The molecule has 6 rings (SSSR count). The molecule has 0 radical (unpaired) electrons. The van der Waals surface area contributed by atoms with Crippen LogP contribution in [-0.4, -0.2) is 109 Å². The molecule has 2 saturated heterocycles. The van der Waals surface area contributed by atoms with E-state index in [9.17, 15) is 14.9 Å². The summed E-state index contributed by atoms with van der Waals surface area (Å²) < 4.78 is 6.36. The standard InChI is InChI=1S/C35H42N8O3/c1-4-32(44)43-20-19-42(21-26(43)14-16-36)34-29-15-18-41(31-13-7-10-25-9-5-6-12-28(25)31)22-30(29)37-35(38-34)46-24-27-11-8-17-40(27)23-33(45)39(2)3/h4-7,9-10,12-13,26-27H,1,8,11,14-15,17-24H2,2-3H3. The van der Waals surface area contributed by atoms with Crippen molar-refractivity contribution in [3.05, 3.63) is 66.4 Å². The van der Waals surface area contributed by atoms with E-state index in [2.05, 4.69) is 69.8 Å². The lowest BCUT2D eigenvalue weighted by Gasteiger charge is -2.42. The summed E-state index contributed by atoms with van der Waals surface area (Å²) in [5, 5.41) is 12.0. The number of hydrogen-bond donors (Lipinski definition) is 0. The molecule has 46 heavy (non-hydrogen) atoms. The number of likely N-dealkylation sites (tertiary alicyclic amines) is 1. The SMILES string of the molecule is C=CC(=O)N1CCN(c2nc(OCC3CCCN3CC(=O)N(C)C)nc3c2CCN(c2cccc4ccccc24)C3)CC1CC#N. The summed E-state index contributed by atoms with van der Waals surface area (Å²) in [5.74, 6) is 0.735. The predicted octanol–water partition coefficient (Wildman–Crippen LogP) is 3.24. The van der Waals surface area contributed by atoms with E-state index in [1.54, 1.807) is 23.9 Å². The first-order valence-corrected chi connectivity index (χ1v) is 16.1. The second-order valence-corrected chi connectivity index (χ2v) is 12.5. The third kappa shape index (κ3) is 6.49. The number of carbonyl (C=O) groups is 2. The van der Waals surface area contributed by atoms with Crippen molar-refractivity contribution in [2.75, 3.05) is 69.8 Å². The van der Waals surface area contributed by atoms with E-state index >= 15 is 0 Å². The molecule has 1 aromatic heterocycles. The molecule has 3 aromatic rings. The van der Waals surface area contributed by atoms with Gasteiger partial charge in [-0.3, -0.25) is 14.5 Å². The number of piperazine rings is 1. The van der Waals surface area contributed by atoms with Crippen LogP contribution in [0.25, 0.3) is 10.8 Å². The smallest absolute Gasteiger partial charge is 0.318 e. The van der Waals surface area contributed by atoms with Crippen LogP contribution in [0.1, 0.15) is 30.5 Å². The van der Waals surface area contributed by atoms with Crippen molar-refractivity contribution in [1.29, 1.82) is 5.26 Å². The van der Waals surface area contributed by atoms with Crippen molar-refractivity contribution in [1.82, 2.24) is 24.7 Å². The molecule has 11 nitrogen and oxygen atoms in total. The highest BCUT2D eigenvalue weighted by atomic mass is 16.5. The Kier molecular flexibility index (Phi) is 9.35. The number of rotatable bonds is 9. The Hall–Kier alpha value is -4.69. The zero-order chi connectivity index (χ0) is 32.2. The van der Waals surface area contributed by atoms with Gasteiger partial charge in [0, 0.05) is 63.0 Å². The van der Waals surface area contributed by atoms with Gasteiger partial charge in [-0.2, -0.15) is 15.2 Å². The molecular weight excluding hydrogens is 580 g/mol. The minimum absolute atomic E-state index is 0.0775. The molecule has 2 fully saturated rings. The molecule has 4 heterocycles. The van der Waals surface area contributed by atoms with Crippen LogP contribution in [0.15, 0.2) is 55.1 Å². The van der Waals surface area contributed by atoms with Gasteiger partial charge in [-0.15, -0.1) is 0 Å². The molecule has 0 saturated carbocycles. The van der Waals surface area contributed by atoms with E-state index in [1.807, 2.05) is 0 Å². The lowest BCUT2D eigenvalue weighted by Crippen LogP contribution is -2.55. The molecule has 2 atom stereocenters. The van der Waals surface area contributed by atoms with E-state index in [-0.39, 0.29) is 30.3 Å². The van der Waals surface area contributed by atoms with E-state index in [1.165, 1.54) is 22.5 Å². The lowest BCUT2D eigenvalue weighted by atomic mass is 10.0. The largest absolute Gasteiger partial charge is 0.462 e. The molecule has 0 bridgehead atoms. The highest BCUT2D eigenvalue weighted by molar-refractivity contribution is 5.94. The van der Waals surface area contributed by atoms with Gasteiger partial charge in [0.05, 0.1) is 37.3 Å². The molecule has 2 amide bonds. The molecule has 0 aliphatic carbocycles. The molecule has 3 aliphatic heterocycles.